The third-order valence-electron chi connectivity index (χ3n) is 4.47. The minimum Gasteiger partial charge on any atom is -0.324 e. The molecule has 2 N–H and O–H groups in total. The Kier molecular flexibility index (Phi) is 7.51. The molecular formula is C22H20ClIN2O3S. The number of anilines is 1. The zero-order valence-electron chi connectivity index (χ0n) is 16.1. The molecule has 0 radical (unpaired) electrons. The van der Waals surface area contributed by atoms with Gasteiger partial charge in [0.25, 0.3) is 0 Å². The lowest BCUT2D eigenvalue weighted by molar-refractivity contribution is -0.117. The lowest BCUT2D eigenvalue weighted by atomic mass is 10.1. The maximum atomic E-state index is 13.0. The van der Waals surface area contributed by atoms with Gasteiger partial charge in [-0.2, -0.15) is 4.72 Å². The van der Waals surface area contributed by atoms with Crippen LogP contribution in [0.25, 0.3) is 0 Å². The summed E-state index contributed by atoms with van der Waals surface area (Å²) in [6.45, 7) is 1.82. The number of halogens is 2. The maximum Gasteiger partial charge on any atom is 0.242 e. The monoisotopic (exact) mass is 554 g/mol. The van der Waals surface area contributed by atoms with Crippen molar-refractivity contribution in [2.75, 3.05) is 5.32 Å². The number of rotatable bonds is 7. The van der Waals surface area contributed by atoms with Gasteiger partial charge in [0.2, 0.25) is 15.9 Å². The molecule has 0 aliphatic heterocycles. The summed E-state index contributed by atoms with van der Waals surface area (Å²) < 4.78 is 29.3. The summed E-state index contributed by atoms with van der Waals surface area (Å²) in [6.07, 6.45) is 0.211. The molecule has 3 aromatic rings. The second kappa shape index (κ2) is 9.91. The van der Waals surface area contributed by atoms with Gasteiger partial charge in [0.15, 0.2) is 0 Å². The van der Waals surface area contributed by atoms with Crippen LogP contribution in [0.4, 0.5) is 5.69 Å². The molecule has 3 rings (SSSR count). The Morgan fingerprint density at radius 3 is 2.33 bits per heavy atom. The summed E-state index contributed by atoms with van der Waals surface area (Å²) in [4.78, 5) is 13.2. The minimum atomic E-state index is -3.89. The van der Waals surface area contributed by atoms with Crippen LogP contribution < -0.4 is 10.0 Å². The van der Waals surface area contributed by atoms with Gasteiger partial charge in [-0.05, 0) is 89.5 Å². The summed E-state index contributed by atoms with van der Waals surface area (Å²) in [5.74, 6) is -0.446. The Labute approximate surface area is 195 Å². The second-order valence-electron chi connectivity index (χ2n) is 6.77. The first-order valence-corrected chi connectivity index (χ1v) is 12.1. The summed E-state index contributed by atoms with van der Waals surface area (Å²) in [7, 11) is -3.89. The van der Waals surface area contributed by atoms with Crippen LogP contribution in [0.2, 0.25) is 5.02 Å². The molecule has 1 atom stereocenters. The lowest BCUT2D eigenvalue weighted by Gasteiger charge is -2.19. The van der Waals surface area contributed by atoms with Crippen molar-refractivity contribution >= 4 is 55.8 Å². The van der Waals surface area contributed by atoms with Crippen molar-refractivity contribution in [2.45, 2.75) is 24.3 Å². The Balaban J connectivity index is 1.87. The van der Waals surface area contributed by atoms with Crippen LogP contribution in [-0.2, 0) is 21.2 Å². The third-order valence-corrected chi connectivity index (χ3v) is 6.91. The standard InChI is InChI=1S/C22H20ClIN2O3S/c1-15-13-17(23)7-12-20(15)25-22(27)21(14-16-5-3-2-4-6-16)26-30(28,29)19-10-8-18(24)9-11-19/h2-13,21,26H,14H2,1H3,(H,25,27)/t21-/m1/s1. The molecule has 8 heteroatoms. The van der Waals surface area contributed by atoms with E-state index in [9.17, 15) is 13.2 Å². The van der Waals surface area contributed by atoms with Crippen molar-refractivity contribution < 1.29 is 13.2 Å². The highest BCUT2D eigenvalue weighted by molar-refractivity contribution is 14.1. The van der Waals surface area contributed by atoms with E-state index in [0.717, 1.165) is 14.7 Å². The third kappa shape index (κ3) is 6.04. The average Bonchev–Trinajstić information content (AvgIpc) is 2.70. The van der Waals surface area contributed by atoms with E-state index < -0.39 is 22.0 Å². The molecule has 0 fully saturated rings. The lowest BCUT2D eigenvalue weighted by Crippen LogP contribution is -2.45. The van der Waals surface area contributed by atoms with Gasteiger partial charge in [-0.15, -0.1) is 0 Å². The molecule has 0 aliphatic rings. The summed E-state index contributed by atoms with van der Waals surface area (Å²) in [6, 6.07) is 19.8. The van der Waals surface area contributed by atoms with Gasteiger partial charge in [0, 0.05) is 14.3 Å². The minimum absolute atomic E-state index is 0.108. The molecule has 0 heterocycles. The van der Waals surface area contributed by atoms with Crippen LogP contribution >= 0.6 is 34.2 Å². The van der Waals surface area contributed by atoms with Crippen molar-refractivity contribution in [3.05, 3.63) is 92.5 Å². The number of amides is 1. The number of aryl methyl sites for hydroxylation is 1. The van der Waals surface area contributed by atoms with Crippen LogP contribution in [0.5, 0.6) is 0 Å². The van der Waals surface area contributed by atoms with Crippen molar-refractivity contribution in [1.29, 1.82) is 0 Å². The molecule has 0 aliphatic carbocycles. The number of hydrogen-bond donors (Lipinski definition) is 2. The highest BCUT2D eigenvalue weighted by atomic mass is 127. The number of carbonyl (C=O) groups is 1. The van der Waals surface area contributed by atoms with E-state index in [2.05, 4.69) is 32.6 Å². The second-order valence-corrected chi connectivity index (χ2v) is 10.2. The van der Waals surface area contributed by atoms with E-state index in [-0.39, 0.29) is 11.3 Å². The number of hydrogen-bond acceptors (Lipinski definition) is 3. The van der Waals surface area contributed by atoms with Crippen LogP contribution in [0.15, 0.2) is 77.7 Å². The number of nitrogens with one attached hydrogen (secondary N) is 2. The highest BCUT2D eigenvalue weighted by Crippen LogP contribution is 2.20. The Bertz CT molecular complexity index is 1140. The van der Waals surface area contributed by atoms with Gasteiger partial charge in [-0.3, -0.25) is 4.79 Å². The van der Waals surface area contributed by atoms with Gasteiger partial charge in [0.1, 0.15) is 6.04 Å². The fourth-order valence-electron chi connectivity index (χ4n) is 2.89. The summed E-state index contributed by atoms with van der Waals surface area (Å²) in [5.41, 5.74) is 2.21. The molecule has 0 unspecified atom stereocenters. The van der Waals surface area contributed by atoms with E-state index in [1.54, 1.807) is 30.3 Å². The molecule has 0 saturated heterocycles. The van der Waals surface area contributed by atoms with Crippen LogP contribution in [0, 0.1) is 10.5 Å². The zero-order chi connectivity index (χ0) is 21.7. The Morgan fingerprint density at radius 2 is 1.70 bits per heavy atom. The van der Waals surface area contributed by atoms with Crippen LogP contribution in [0.1, 0.15) is 11.1 Å². The largest absolute Gasteiger partial charge is 0.324 e. The van der Waals surface area contributed by atoms with Crippen LogP contribution in [0.3, 0.4) is 0 Å². The first-order valence-electron chi connectivity index (χ1n) is 9.13. The molecular weight excluding hydrogens is 535 g/mol. The SMILES string of the molecule is Cc1cc(Cl)ccc1NC(=O)[C@@H](Cc1ccccc1)NS(=O)(=O)c1ccc(I)cc1. The van der Waals surface area contributed by atoms with Crippen molar-refractivity contribution in [2.24, 2.45) is 0 Å². The van der Waals surface area contributed by atoms with E-state index in [1.807, 2.05) is 37.3 Å². The van der Waals surface area contributed by atoms with Gasteiger partial charge in [0.05, 0.1) is 4.90 Å². The van der Waals surface area contributed by atoms with Crippen molar-refractivity contribution in [3.63, 3.8) is 0 Å². The molecule has 156 valence electrons. The number of carbonyl (C=O) groups excluding carboxylic acids is 1. The molecule has 0 spiro atoms. The van der Waals surface area contributed by atoms with E-state index in [1.165, 1.54) is 12.1 Å². The maximum absolute atomic E-state index is 13.0. The predicted molar refractivity (Wildman–Crippen MR) is 128 cm³/mol. The van der Waals surface area contributed by atoms with Gasteiger partial charge in [-0.1, -0.05) is 41.9 Å². The fraction of sp³-hybridized carbons (Fsp3) is 0.136. The highest BCUT2D eigenvalue weighted by Gasteiger charge is 2.26. The van der Waals surface area contributed by atoms with E-state index in [4.69, 9.17) is 11.6 Å². The molecule has 5 nitrogen and oxygen atoms in total. The zero-order valence-corrected chi connectivity index (χ0v) is 19.8. The number of benzene rings is 3. The first-order chi connectivity index (χ1) is 14.2. The summed E-state index contributed by atoms with van der Waals surface area (Å²) >= 11 is 8.09. The Hall–Kier alpha value is -1.94. The van der Waals surface area contributed by atoms with Crippen molar-refractivity contribution in [1.82, 2.24) is 4.72 Å². The van der Waals surface area contributed by atoms with Gasteiger partial charge >= 0.3 is 0 Å². The average molecular weight is 555 g/mol. The Morgan fingerprint density at radius 1 is 1.03 bits per heavy atom. The molecule has 30 heavy (non-hydrogen) atoms. The smallest absolute Gasteiger partial charge is 0.242 e. The molecule has 0 saturated carbocycles. The fourth-order valence-corrected chi connectivity index (χ4v) is 4.68. The molecule has 1 amide bonds. The normalized spacial score (nSPS) is 12.4. The molecule has 0 bridgehead atoms. The predicted octanol–water partition coefficient (Wildman–Crippen LogP) is 4.78. The molecule has 0 aromatic heterocycles. The van der Waals surface area contributed by atoms with Crippen LogP contribution in [-0.4, -0.2) is 20.4 Å². The van der Waals surface area contributed by atoms with Gasteiger partial charge < -0.3 is 5.32 Å². The number of sulfonamides is 1. The topological polar surface area (TPSA) is 75.3 Å². The van der Waals surface area contributed by atoms with E-state index >= 15 is 0 Å². The molecule has 3 aromatic carbocycles. The summed E-state index contributed by atoms with van der Waals surface area (Å²) in [5, 5.41) is 3.38. The first kappa shape index (κ1) is 22.7. The quantitative estimate of drug-likeness (QED) is 0.413. The van der Waals surface area contributed by atoms with E-state index in [0.29, 0.717) is 10.7 Å². The van der Waals surface area contributed by atoms with Crippen molar-refractivity contribution in [3.8, 4) is 0 Å². The van der Waals surface area contributed by atoms with Gasteiger partial charge in [-0.25, -0.2) is 8.42 Å².